The van der Waals surface area contributed by atoms with Gasteiger partial charge in [0, 0.05) is 41.8 Å². The van der Waals surface area contributed by atoms with E-state index in [0.29, 0.717) is 24.7 Å². The number of aliphatic hydroxyl groups is 1. The summed E-state index contributed by atoms with van der Waals surface area (Å²) in [5.41, 5.74) is 3.99. The fraction of sp³-hybridized carbons (Fsp3) is 0.167. The molecular formula is C24H22ClFN2O. The van der Waals surface area contributed by atoms with Crippen molar-refractivity contribution in [2.24, 2.45) is 0 Å². The van der Waals surface area contributed by atoms with Gasteiger partial charge in [-0.1, -0.05) is 66.2 Å². The van der Waals surface area contributed by atoms with Crippen molar-refractivity contribution >= 4 is 22.5 Å². The van der Waals surface area contributed by atoms with E-state index in [0.717, 1.165) is 27.6 Å². The highest BCUT2D eigenvalue weighted by Crippen LogP contribution is 2.25. The number of halogens is 2. The van der Waals surface area contributed by atoms with Gasteiger partial charge in [-0.2, -0.15) is 0 Å². The molecule has 1 aromatic heterocycles. The van der Waals surface area contributed by atoms with Crippen LogP contribution in [0.1, 0.15) is 22.8 Å². The van der Waals surface area contributed by atoms with Crippen LogP contribution in [-0.2, 0) is 13.1 Å². The van der Waals surface area contributed by atoms with Crippen LogP contribution in [0.25, 0.3) is 10.9 Å². The second-order valence-electron chi connectivity index (χ2n) is 7.09. The van der Waals surface area contributed by atoms with Gasteiger partial charge in [0.05, 0.1) is 6.10 Å². The van der Waals surface area contributed by atoms with Crippen molar-refractivity contribution in [2.75, 3.05) is 6.54 Å². The summed E-state index contributed by atoms with van der Waals surface area (Å²) >= 11 is 6.22. The average molecular weight is 409 g/mol. The molecule has 4 rings (SSSR count). The summed E-state index contributed by atoms with van der Waals surface area (Å²) in [5.74, 6) is -0.335. The van der Waals surface area contributed by atoms with E-state index >= 15 is 0 Å². The van der Waals surface area contributed by atoms with E-state index < -0.39 is 6.10 Å². The van der Waals surface area contributed by atoms with Crippen molar-refractivity contribution in [3.8, 4) is 0 Å². The first-order valence-electron chi connectivity index (χ1n) is 9.56. The summed E-state index contributed by atoms with van der Waals surface area (Å²) < 4.78 is 15.5. The zero-order chi connectivity index (χ0) is 20.2. The number of hydrogen-bond acceptors (Lipinski definition) is 2. The van der Waals surface area contributed by atoms with Gasteiger partial charge in [0.1, 0.15) is 5.82 Å². The molecule has 5 heteroatoms. The number of rotatable bonds is 7. The minimum absolute atomic E-state index is 0.335. The molecule has 0 saturated carbocycles. The predicted molar refractivity (Wildman–Crippen MR) is 116 cm³/mol. The minimum Gasteiger partial charge on any atom is -0.387 e. The lowest BCUT2D eigenvalue weighted by molar-refractivity contribution is 0.174. The normalized spacial score (nSPS) is 12.4. The van der Waals surface area contributed by atoms with Crippen LogP contribution in [0.15, 0.2) is 79.0 Å². The van der Waals surface area contributed by atoms with E-state index in [2.05, 4.69) is 28.2 Å². The smallest absolute Gasteiger partial charge is 0.124 e. The summed E-state index contributed by atoms with van der Waals surface area (Å²) in [6.45, 7) is 1.66. The molecule has 0 aliphatic rings. The second-order valence-corrected chi connectivity index (χ2v) is 7.50. The third kappa shape index (κ3) is 4.51. The first-order chi connectivity index (χ1) is 14.1. The largest absolute Gasteiger partial charge is 0.387 e. The Morgan fingerprint density at radius 3 is 2.52 bits per heavy atom. The van der Waals surface area contributed by atoms with E-state index in [1.54, 1.807) is 6.07 Å². The van der Waals surface area contributed by atoms with Crippen molar-refractivity contribution in [3.63, 3.8) is 0 Å². The van der Waals surface area contributed by atoms with Crippen molar-refractivity contribution < 1.29 is 9.50 Å². The van der Waals surface area contributed by atoms with E-state index in [9.17, 15) is 9.50 Å². The van der Waals surface area contributed by atoms with Crippen LogP contribution in [0.2, 0.25) is 5.02 Å². The van der Waals surface area contributed by atoms with Crippen molar-refractivity contribution in [1.82, 2.24) is 9.88 Å². The number of nitrogens with zero attached hydrogens (tertiary/aromatic N) is 1. The Balaban J connectivity index is 1.51. The maximum atomic E-state index is 13.4. The summed E-state index contributed by atoms with van der Waals surface area (Å²) in [4.78, 5) is 0. The van der Waals surface area contributed by atoms with Crippen molar-refractivity contribution in [3.05, 3.63) is 107 Å². The molecule has 148 valence electrons. The SMILES string of the molecule is O[C@H](CNCc1cn(Cc2ccc(F)cc2Cl)c2ccccc12)c1ccccc1. The highest BCUT2D eigenvalue weighted by molar-refractivity contribution is 6.31. The maximum absolute atomic E-state index is 13.4. The van der Waals surface area contributed by atoms with Crippen LogP contribution < -0.4 is 5.32 Å². The molecule has 0 unspecified atom stereocenters. The first-order valence-corrected chi connectivity index (χ1v) is 9.94. The Labute approximate surface area is 174 Å². The molecule has 1 atom stereocenters. The van der Waals surface area contributed by atoms with Gasteiger partial charge >= 0.3 is 0 Å². The fourth-order valence-electron chi connectivity index (χ4n) is 3.56. The monoisotopic (exact) mass is 408 g/mol. The quantitative estimate of drug-likeness (QED) is 0.435. The van der Waals surface area contributed by atoms with Crippen LogP contribution in [-0.4, -0.2) is 16.2 Å². The number of fused-ring (bicyclic) bond motifs is 1. The minimum atomic E-state index is -0.553. The predicted octanol–water partition coefficient (Wildman–Crippen LogP) is 5.31. The van der Waals surface area contributed by atoms with Crippen molar-refractivity contribution in [2.45, 2.75) is 19.2 Å². The van der Waals surface area contributed by atoms with Gasteiger partial charge in [-0.15, -0.1) is 0 Å². The van der Waals surface area contributed by atoms with Gasteiger partial charge in [0.25, 0.3) is 0 Å². The number of aromatic nitrogens is 1. The van der Waals surface area contributed by atoms with E-state index in [-0.39, 0.29) is 5.82 Å². The molecule has 4 aromatic rings. The lowest BCUT2D eigenvalue weighted by atomic mass is 10.1. The maximum Gasteiger partial charge on any atom is 0.124 e. The Hall–Kier alpha value is -2.66. The summed E-state index contributed by atoms with van der Waals surface area (Å²) in [7, 11) is 0. The molecule has 3 nitrogen and oxygen atoms in total. The van der Waals surface area contributed by atoms with E-state index in [1.807, 2.05) is 42.5 Å². The standard InChI is InChI=1S/C24H22ClFN2O/c25-22-12-20(26)11-10-18(22)15-28-16-19(21-8-4-5-9-23(21)28)13-27-14-24(29)17-6-2-1-3-7-17/h1-12,16,24,27,29H,13-15H2/t24-/m1/s1. The molecule has 2 N–H and O–H groups in total. The Morgan fingerprint density at radius 2 is 1.72 bits per heavy atom. The zero-order valence-corrected chi connectivity index (χ0v) is 16.6. The molecule has 0 spiro atoms. The lowest BCUT2D eigenvalue weighted by Gasteiger charge is -2.11. The Bertz CT molecular complexity index is 1110. The molecule has 0 aliphatic carbocycles. The van der Waals surface area contributed by atoms with Gasteiger partial charge in [0.2, 0.25) is 0 Å². The van der Waals surface area contributed by atoms with Gasteiger partial charge in [-0.05, 0) is 34.9 Å². The number of benzene rings is 3. The second kappa shape index (κ2) is 8.78. The third-order valence-corrected chi connectivity index (χ3v) is 5.42. The third-order valence-electron chi connectivity index (χ3n) is 5.06. The molecule has 0 fully saturated rings. The molecule has 0 saturated heterocycles. The van der Waals surface area contributed by atoms with Crippen LogP contribution in [0.3, 0.4) is 0 Å². The first kappa shape index (κ1) is 19.6. The summed E-state index contributed by atoms with van der Waals surface area (Å²) in [5, 5.41) is 15.3. The molecule has 0 amide bonds. The van der Waals surface area contributed by atoms with Crippen LogP contribution in [0.4, 0.5) is 4.39 Å². The summed E-state index contributed by atoms with van der Waals surface area (Å²) in [6, 6.07) is 22.3. The topological polar surface area (TPSA) is 37.2 Å². The van der Waals surface area contributed by atoms with Gasteiger partial charge in [-0.25, -0.2) is 4.39 Å². The number of nitrogens with one attached hydrogen (secondary N) is 1. The molecule has 0 radical (unpaired) electrons. The highest BCUT2D eigenvalue weighted by atomic mass is 35.5. The molecular weight excluding hydrogens is 387 g/mol. The van der Waals surface area contributed by atoms with Gasteiger partial charge in [-0.3, -0.25) is 0 Å². The lowest BCUT2D eigenvalue weighted by Crippen LogP contribution is -2.20. The molecule has 1 heterocycles. The van der Waals surface area contributed by atoms with Crippen molar-refractivity contribution in [1.29, 1.82) is 0 Å². The number of aliphatic hydroxyl groups excluding tert-OH is 1. The van der Waals surface area contributed by atoms with E-state index in [1.165, 1.54) is 12.1 Å². The van der Waals surface area contributed by atoms with Crippen LogP contribution >= 0.6 is 11.6 Å². The Morgan fingerprint density at radius 1 is 0.966 bits per heavy atom. The molecule has 0 aliphatic heterocycles. The van der Waals surface area contributed by atoms with Gasteiger partial charge < -0.3 is 15.0 Å². The van der Waals surface area contributed by atoms with Crippen LogP contribution in [0.5, 0.6) is 0 Å². The van der Waals surface area contributed by atoms with Gasteiger partial charge in [0.15, 0.2) is 0 Å². The number of para-hydroxylation sites is 1. The fourth-order valence-corrected chi connectivity index (χ4v) is 3.79. The molecule has 29 heavy (non-hydrogen) atoms. The molecule has 3 aromatic carbocycles. The average Bonchev–Trinajstić information content (AvgIpc) is 3.08. The molecule has 0 bridgehead atoms. The summed E-state index contributed by atoms with van der Waals surface area (Å²) in [6.07, 6.45) is 1.54. The van der Waals surface area contributed by atoms with Crippen LogP contribution in [0, 0.1) is 5.82 Å². The number of hydrogen-bond donors (Lipinski definition) is 2. The van der Waals surface area contributed by atoms with E-state index in [4.69, 9.17) is 11.6 Å². The highest BCUT2D eigenvalue weighted by Gasteiger charge is 2.11. The Kier molecular flexibility index (Phi) is 5.95. The zero-order valence-electron chi connectivity index (χ0n) is 15.9.